The molecule has 0 unspecified atom stereocenters. The predicted molar refractivity (Wildman–Crippen MR) is 62.4 cm³/mol. The van der Waals surface area contributed by atoms with Gasteiger partial charge in [-0.05, 0) is 13.0 Å². The van der Waals surface area contributed by atoms with E-state index in [1.807, 2.05) is 38.1 Å². The molecule has 1 aromatic rings. The second-order valence-electron chi connectivity index (χ2n) is 3.16. The zero-order valence-electron chi connectivity index (χ0n) is 9.54. The van der Waals surface area contributed by atoms with Crippen LogP contribution in [0.25, 0.3) is 0 Å². The fourth-order valence-electron chi connectivity index (χ4n) is 1.42. The molecule has 1 rings (SSSR count). The van der Waals surface area contributed by atoms with Crippen LogP contribution in [-0.4, -0.2) is 13.7 Å². The molecule has 0 heterocycles. The molecule has 0 aliphatic carbocycles. The number of para-hydroxylation sites is 1. The second-order valence-corrected chi connectivity index (χ2v) is 3.16. The number of rotatable bonds is 5. The maximum Gasteiger partial charge on any atom is 0.164 e. The van der Waals surface area contributed by atoms with E-state index in [9.17, 15) is 0 Å². The van der Waals surface area contributed by atoms with Crippen molar-refractivity contribution in [2.75, 3.05) is 13.7 Å². The topological polar surface area (TPSA) is 18.5 Å². The van der Waals surface area contributed by atoms with Gasteiger partial charge in [0.05, 0.1) is 13.7 Å². The second kappa shape index (κ2) is 5.44. The number of methoxy groups -OCH3 is 1. The Hall–Kier alpha value is -1.44. The van der Waals surface area contributed by atoms with Crippen molar-refractivity contribution in [1.82, 2.24) is 0 Å². The quantitative estimate of drug-likeness (QED) is 0.734. The molecule has 0 amide bonds. The van der Waals surface area contributed by atoms with Crippen molar-refractivity contribution in [3.05, 3.63) is 42.3 Å². The van der Waals surface area contributed by atoms with Gasteiger partial charge >= 0.3 is 0 Å². The number of ether oxygens (including phenoxy) is 2. The zero-order chi connectivity index (χ0) is 11.3. The molecule has 0 aliphatic rings. The van der Waals surface area contributed by atoms with E-state index in [-0.39, 0.29) is 0 Å². The third kappa shape index (κ3) is 2.52. The Bertz CT molecular complexity index is 331. The minimum absolute atomic E-state index is 0.632. The lowest BCUT2D eigenvalue weighted by Crippen LogP contribution is -2.00. The van der Waals surface area contributed by atoms with Crippen molar-refractivity contribution in [3.8, 4) is 11.5 Å². The molecule has 2 heteroatoms. The Morgan fingerprint density at radius 1 is 1.47 bits per heavy atom. The molecule has 0 fully saturated rings. The molecule has 15 heavy (non-hydrogen) atoms. The van der Waals surface area contributed by atoms with E-state index in [0.717, 1.165) is 23.0 Å². The standard InChI is InChI=1S/C13H17O2/c1-5-10(3)11-8-7-9-12(15-6-2)13(11)14-4/h5,7-9H,1,6H2,2-4H3. The maximum absolute atomic E-state index is 5.49. The summed E-state index contributed by atoms with van der Waals surface area (Å²) < 4.78 is 10.8. The van der Waals surface area contributed by atoms with Gasteiger partial charge in [-0.25, -0.2) is 0 Å². The number of benzene rings is 1. The Morgan fingerprint density at radius 2 is 2.20 bits per heavy atom. The lowest BCUT2D eigenvalue weighted by atomic mass is 10.00. The van der Waals surface area contributed by atoms with Crippen LogP contribution in [0, 0.1) is 5.92 Å². The van der Waals surface area contributed by atoms with E-state index < -0.39 is 0 Å². The van der Waals surface area contributed by atoms with Gasteiger partial charge in [-0.15, -0.1) is 6.58 Å². The van der Waals surface area contributed by atoms with Crippen LogP contribution in [0.3, 0.4) is 0 Å². The first-order valence-corrected chi connectivity index (χ1v) is 5.00. The highest BCUT2D eigenvalue weighted by Crippen LogP contribution is 2.35. The third-order valence-corrected chi connectivity index (χ3v) is 2.21. The van der Waals surface area contributed by atoms with Gasteiger partial charge in [0.2, 0.25) is 0 Å². The Balaban J connectivity index is 3.15. The monoisotopic (exact) mass is 205 g/mol. The summed E-state index contributed by atoms with van der Waals surface area (Å²) in [6.07, 6.45) is 1.81. The molecule has 81 valence electrons. The van der Waals surface area contributed by atoms with Gasteiger partial charge in [0, 0.05) is 11.5 Å². The van der Waals surface area contributed by atoms with Gasteiger partial charge < -0.3 is 9.47 Å². The van der Waals surface area contributed by atoms with Crippen LogP contribution in [-0.2, 0) is 0 Å². The van der Waals surface area contributed by atoms with E-state index in [4.69, 9.17) is 9.47 Å². The normalized spacial score (nSPS) is 10.1. The summed E-state index contributed by atoms with van der Waals surface area (Å²) in [5.41, 5.74) is 1.03. The van der Waals surface area contributed by atoms with Crippen molar-refractivity contribution < 1.29 is 9.47 Å². The van der Waals surface area contributed by atoms with Crippen LogP contribution in [0.5, 0.6) is 11.5 Å². The van der Waals surface area contributed by atoms with E-state index in [1.54, 1.807) is 7.11 Å². The Morgan fingerprint density at radius 3 is 2.73 bits per heavy atom. The minimum atomic E-state index is 0.632. The zero-order valence-corrected chi connectivity index (χ0v) is 9.54. The lowest BCUT2D eigenvalue weighted by molar-refractivity contribution is 0.310. The van der Waals surface area contributed by atoms with Gasteiger partial charge in [-0.3, -0.25) is 0 Å². The SMILES string of the molecule is C=C[C](C)c1cccc(OCC)c1OC. The van der Waals surface area contributed by atoms with Crippen molar-refractivity contribution in [2.45, 2.75) is 13.8 Å². The highest BCUT2D eigenvalue weighted by Gasteiger charge is 2.13. The molecule has 0 saturated carbocycles. The van der Waals surface area contributed by atoms with Crippen molar-refractivity contribution in [1.29, 1.82) is 0 Å². The first-order valence-electron chi connectivity index (χ1n) is 5.00. The van der Waals surface area contributed by atoms with Crippen molar-refractivity contribution >= 4 is 0 Å². The van der Waals surface area contributed by atoms with E-state index >= 15 is 0 Å². The fourth-order valence-corrected chi connectivity index (χ4v) is 1.42. The summed E-state index contributed by atoms with van der Waals surface area (Å²) in [5.74, 6) is 2.63. The maximum atomic E-state index is 5.49. The van der Waals surface area contributed by atoms with Gasteiger partial charge in [0.1, 0.15) is 0 Å². The van der Waals surface area contributed by atoms with Crippen LogP contribution in [0.2, 0.25) is 0 Å². The molecule has 1 aromatic carbocycles. The minimum Gasteiger partial charge on any atom is -0.493 e. The van der Waals surface area contributed by atoms with E-state index in [1.165, 1.54) is 0 Å². The third-order valence-electron chi connectivity index (χ3n) is 2.21. The summed E-state index contributed by atoms with van der Waals surface area (Å²) in [6.45, 7) is 8.34. The van der Waals surface area contributed by atoms with Crippen LogP contribution < -0.4 is 9.47 Å². The highest BCUT2D eigenvalue weighted by molar-refractivity contribution is 5.54. The van der Waals surface area contributed by atoms with E-state index in [0.29, 0.717) is 6.61 Å². The van der Waals surface area contributed by atoms with Gasteiger partial charge in [0.15, 0.2) is 11.5 Å². The molecule has 0 saturated heterocycles. The first kappa shape index (κ1) is 11.6. The predicted octanol–water partition coefficient (Wildman–Crippen LogP) is 3.22. The molecule has 2 nitrogen and oxygen atoms in total. The first-order chi connectivity index (χ1) is 7.24. The number of hydrogen-bond donors (Lipinski definition) is 0. The van der Waals surface area contributed by atoms with Crippen molar-refractivity contribution in [3.63, 3.8) is 0 Å². The van der Waals surface area contributed by atoms with E-state index in [2.05, 4.69) is 6.58 Å². The van der Waals surface area contributed by atoms with Gasteiger partial charge in [0.25, 0.3) is 0 Å². The summed E-state index contributed by atoms with van der Waals surface area (Å²) in [7, 11) is 1.65. The summed E-state index contributed by atoms with van der Waals surface area (Å²) >= 11 is 0. The summed E-state index contributed by atoms with van der Waals surface area (Å²) in [4.78, 5) is 0. The smallest absolute Gasteiger partial charge is 0.164 e. The van der Waals surface area contributed by atoms with Crippen LogP contribution in [0.15, 0.2) is 30.9 Å². The number of hydrogen-bond acceptors (Lipinski definition) is 2. The molecule has 1 radical (unpaired) electrons. The molecular weight excluding hydrogens is 188 g/mol. The fraction of sp³-hybridized carbons (Fsp3) is 0.308. The molecular formula is C13H17O2. The molecule has 0 spiro atoms. The number of allylic oxidation sites excluding steroid dienone is 1. The van der Waals surface area contributed by atoms with Gasteiger partial charge in [-0.2, -0.15) is 0 Å². The van der Waals surface area contributed by atoms with Crippen LogP contribution >= 0.6 is 0 Å². The highest BCUT2D eigenvalue weighted by atomic mass is 16.5. The average Bonchev–Trinajstić information content (AvgIpc) is 2.28. The molecule has 0 aromatic heterocycles. The molecule has 0 bridgehead atoms. The Kier molecular flexibility index (Phi) is 4.22. The molecule has 0 aliphatic heterocycles. The van der Waals surface area contributed by atoms with Crippen molar-refractivity contribution in [2.24, 2.45) is 0 Å². The molecule has 0 atom stereocenters. The largest absolute Gasteiger partial charge is 0.493 e. The summed E-state index contributed by atoms with van der Waals surface area (Å²) in [6, 6.07) is 5.86. The average molecular weight is 205 g/mol. The van der Waals surface area contributed by atoms with Crippen LogP contribution in [0.4, 0.5) is 0 Å². The Labute approximate surface area is 91.5 Å². The lowest BCUT2D eigenvalue weighted by Gasteiger charge is -2.15. The summed E-state index contributed by atoms with van der Waals surface area (Å²) in [5, 5.41) is 0. The molecule has 0 N–H and O–H groups in total. The van der Waals surface area contributed by atoms with Crippen LogP contribution in [0.1, 0.15) is 19.4 Å². The van der Waals surface area contributed by atoms with Gasteiger partial charge in [-0.1, -0.05) is 25.1 Å².